The van der Waals surface area contributed by atoms with Crippen LogP contribution in [0, 0.1) is 0 Å². The molecule has 0 bridgehead atoms. The van der Waals surface area contributed by atoms with Gasteiger partial charge in [0.05, 0.1) is 0 Å². The molecule has 0 aromatic carbocycles. The van der Waals surface area contributed by atoms with Crippen molar-refractivity contribution in [1.82, 2.24) is 0 Å². The van der Waals surface area contributed by atoms with Crippen LogP contribution < -0.4 is 5.73 Å². The van der Waals surface area contributed by atoms with E-state index in [-0.39, 0.29) is 18.3 Å². The first-order valence-electron chi connectivity index (χ1n) is 4.70. The summed E-state index contributed by atoms with van der Waals surface area (Å²) in [6, 6.07) is 0. The Kier molecular flexibility index (Phi) is 2.93. The van der Waals surface area contributed by atoms with E-state index in [0.717, 1.165) is 0 Å². The van der Waals surface area contributed by atoms with Gasteiger partial charge < -0.3 is 10.5 Å². The second kappa shape index (κ2) is 3.82. The molecule has 1 heterocycles. The van der Waals surface area contributed by atoms with E-state index in [1.807, 2.05) is 6.92 Å². The maximum absolute atomic E-state index is 11.3. The van der Waals surface area contributed by atoms with Gasteiger partial charge in [-0.2, -0.15) is 0 Å². The van der Waals surface area contributed by atoms with E-state index in [1.54, 1.807) is 13.0 Å². The summed E-state index contributed by atoms with van der Waals surface area (Å²) in [6.07, 6.45) is 3.14. The lowest BCUT2D eigenvalue weighted by Crippen LogP contribution is -2.26. The third-order valence-corrected chi connectivity index (χ3v) is 2.32. The molecular formula is C10H15NO3. The van der Waals surface area contributed by atoms with Crippen LogP contribution in [-0.2, 0) is 14.3 Å². The highest BCUT2D eigenvalue weighted by atomic mass is 16.6. The number of hydrogen-bond donors (Lipinski definition) is 1. The lowest BCUT2D eigenvalue weighted by molar-refractivity contribution is -0.146. The van der Waals surface area contributed by atoms with Crippen LogP contribution in [0.15, 0.2) is 11.6 Å². The van der Waals surface area contributed by atoms with Crippen molar-refractivity contribution >= 4 is 11.9 Å². The van der Waals surface area contributed by atoms with Crippen LogP contribution in [0.3, 0.4) is 0 Å². The van der Waals surface area contributed by atoms with Gasteiger partial charge in [0.25, 0.3) is 0 Å². The minimum atomic E-state index is -0.641. The molecule has 0 radical (unpaired) electrons. The number of esters is 1. The SMILES string of the molecule is CCC1=C[C@@](C)(CCC(N)=O)OC1=O. The molecule has 0 spiro atoms. The van der Waals surface area contributed by atoms with E-state index in [2.05, 4.69) is 0 Å². The van der Waals surface area contributed by atoms with Crippen LogP contribution in [0.2, 0.25) is 0 Å². The third kappa shape index (κ3) is 2.34. The first-order chi connectivity index (χ1) is 6.47. The minimum absolute atomic E-state index is 0.233. The second-order valence-electron chi connectivity index (χ2n) is 3.69. The predicted molar refractivity (Wildman–Crippen MR) is 51.3 cm³/mol. The Morgan fingerprint density at radius 1 is 1.64 bits per heavy atom. The van der Waals surface area contributed by atoms with Crippen molar-refractivity contribution in [3.8, 4) is 0 Å². The number of amides is 1. The molecule has 4 heteroatoms. The fourth-order valence-electron chi connectivity index (χ4n) is 1.48. The molecule has 78 valence electrons. The zero-order valence-corrected chi connectivity index (χ0v) is 8.50. The van der Waals surface area contributed by atoms with Gasteiger partial charge in [-0.05, 0) is 25.8 Å². The van der Waals surface area contributed by atoms with E-state index < -0.39 is 5.60 Å². The minimum Gasteiger partial charge on any atom is -0.452 e. The van der Waals surface area contributed by atoms with E-state index in [9.17, 15) is 9.59 Å². The summed E-state index contributed by atoms with van der Waals surface area (Å²) in [7, 11) is 0. The molecule has 1 atom stereocenters. The highest BCUT2D eigenvalue weighted by Gasteiger charge is 2.34. The fourth-order valence-corrected chi connectivity index (χ4v) is 1.48. The number of hydrogen-bond acceptors (Lipinski definition) is 3. The van der Waals surface area contributed by atoms with Gasteiger partial charge in [-0.25, -0.2) is 4.79 Å². The lowest BCUT2D eigenvalue weighted by Gasteiger charge is -2.19. The van der Waals surface area contributed by atoms with E-state index in [4.69, 9.17) is 10.5 Å². The molecule has 2 N–H and O–H groups in total. The Bertz CT molecular complexity index is 296. The Labute approximate surface area is 83.1 Å². The molecule has 14 heavy (non-hydrogen) atoms. The van der Waals surface area contributed by atoms with E-state index >= 15 is 0 Å². The molecule has 1 rings (SSSR count). The maximum atomic E-state index is 11.3. The lowest BCUT2D eigenvalue weighted by atomic mass is 9.98. The summed E-state index contributed by atoms with van der Waals surface area (Å²) >= 11 is 0. The van der Waals surface area contributed by atoms with Gasteiger partial charge in [0, 0.05) is 12.0 Å². The number of primary amides is 1. The quantitative estimate of drug-likeness (QED) is 0.681. The topological polar surface area (TPSA) is 69.4 Å². The van der Waals surface area contributed by atoms with Gasteiger partial charge in [0.2, 0.25) is 5.91 Å². The number of carbonyl (C=O) groups excluding carboxylic acids is 2. The van der Waals surface area contributed by atoms with Crippen molar-refractivity contribution in [2.45, 2.75) is 38.7 Å². The van der Waals surface area contributed by atoms with Gasteiger partial charge in [-0.15, -0.1) is 0 Å². The van der Waals surface area contributed by atoms with Crippen LogP contribution in [0.5, 0.6) is 0 Å². The van der Waals surface area contributed by atoms with Crippen molar-refractivity contribution < 1.29 is 14.3 Å². The van der Waals surface area contributed by atoms with E-state index in [1.165, 1.54) is 0 Å². The zero-order valence-electron chi connectivity index (χ0n) is 8.50. The van der Waals surface area contributed by atoms with Gasteiger partial charge in [0.1, 0.15) is 5.60 Å². The first-order valence-corrected chi connectivity index (χ1v) is 4.70. The maximum Gasteiger partial charge on any atom is 0.334 e. The highest BCUT2D eigenvalue weighted by Crippen LogP contribution is 2.29. The average molecular weight is 197 g/mol. The molecule has 0 saturated carbocycles. The van der Waals surface area contributed by atoms with Gasteiger partial charge in [-0.1, -0.05) is 6.92 Å². The third-order valence-electron chi connectivity index (χ3n) is 2.32. The molecule has 1 amide bonds. The summed E-state index contributed by atoms with van der Waals surface area (Å²) in [5, 5.41) is 0. The van der Waals surface area contributed by atoms with Crippen molar-refractivity contribution in [2.75, 3.05) is 0 Å². The van der Waals surface area contributed by atoms with Crippen molar-refractivity contribution in [1.29, 1.82) is 0 Å². The molecule has 4 nitrogen and oxygen atoms in total. The number of nitrogens with two attached hydrogens (primary N) is 1. The summed E-state index contributed by atoms with van der Waals surface area (Å²) in [5.74, 6) is -0.653. The number of rotatable bonds is 4. The smallest absolute Gasteiger partial charge is 0.334 e. The van der Waals surface area contributed by atoms with Crippen LogP contribution in [-0.4, -0.2) is 17.5 Å². The summed E-state index contributed by atoms with van der Waals surface area (Å²) in [6.45, 7) is 3.68. The van der Waals surface area contributed by atoms with Gasteiger partial charge in [-0.3, -0.25) is 4.79 Å². The van der Waals surface area contributed by atoms with Gasteiger partial charge >= 0.3 is 5.97 Å². The Balaban J connectivity index is 2.64. The Morgan fingerprint density at radius 2 is 2.29 bits per heavy atom. The number of carbonyl (C=O) groups is 2. The zero-order chi connectivity index (χ0) is 10.8. The van der Waals surface area contributed by atoms with E-state index in [0.29, 0.717) is 18.4 Å². The molecule has 0 unspecified atom stereocenters. The monoisotopic (exact) mass is 197 g/mol. The molecule has 1 aliphatic rings. The highest BCUT2D eigenvalue weighted by molar-refractivity contribution is 5.91. The predicted octanol–water partition coefficient (Wildman–Crippen LogP) is 0.904. The average Bonchev–Trinajstić information content (AvgIpc) is 2.39. The molecule has 0 aromatic heterocycles. The summed E-state index contributed by atoms with van der Waals surface area (Å²) in [4.78, 5) is 21.9. The molecule has 0 aliphatic carbocycles. The normalized spacial score (nSPS) is 25.9. The first kappa shape index (κ1) is 10.8. The second-order valence-corrected chi connectivity index (χ2v) is 3.69. The molecule has 0 saturated heterocycles. The molecule has 0 aromatic rings. The Hall–Kier alpha value is -1.32. The molecular weight excluding hydrogens is 182 g/mol. The summed E-state index contributed by atoms with van der Waals surface area (Å²) < 4.78 is 5.16. The largest absolute Gasteiger partial charge is 0.452 e. The van der Waals surface area contributed by atoms with Crippen molar-refractivity contribution in [2.24, 2.45) is 5.73 Å². The van der Waals surface area contributed by atoms with Crippen LogP contribution in [0.4, 0.5) is 0 Å². The van der Waals surface area contributed by atoms with Crippen LogP contribution in [0.25, 0.3) is 0 Å². The Morgan fingerprint density at radius 3 is 2.71 bits per heavy atom. The fraction of sp³-hybridized carbons (Fsp3) is 0.600. The number of cyclic esters (lactones) is 1. The molecule has 0 fully saturated rings. The standard InChI is InChI=1S/C10H15NO3/c1-3-7-6-10(2,14-9(7)13)5-4-8(11)12/h6H,3-5H2,1-2H3,(H2,11,12)/t10-/m1/s1. The number of ether oxygens (including phenoxy) is 1. The summed E-state index contributed by atoms with van der Waals surface area (Å²) in [5.41, 5.74) is 5.07. The van der Waals surface area contributed by atoms with Crippen LogP contribution in [0.1, 0.15) is 33.1 Å². The van der Waals surface area contributed by atoms with Gasteiger partial charge in [0.15, 0.2) is 0 Å². The van der Waals surface area contributed by atoms with Crippen molar-refractivity contribution in [3.63, 3.8) is 0 Å². The van der Waals surface area contributed by atoms with Crippen LogP contribution >= 0.6 is 0 Å². The molecule has 1 aliphatic heterocycles. The van der Waals surface area contributed by atoms with Crippen molar-refractivity contribution in [3.05, 3.63) is 11.6 Å².